The third kappa shape index (κ3) is 3.31. The number of aromatic amines is 1. The SMILES string of the molecule is Cc1cc(O)c(-c2ccc(C(C)(C)CN)c(F)c2)c2c1[nH]c(=O)c1sccc12.Cl. The van der Waals surface area contributed by atoms with Gasteiger partial charge in [0, 0.05) is 28.3 Å². The van der Waals surface area contributed by atoms with E-state index >= 15 is 0 Å². The van der Waals surface area contributed by atoms with E-state index in [0.717, 1.165) is 16.3 Å². The van der Waals surface area contributed by atoms with E-state index in [2.05, 4.69) is 4.98 Å². The highest BCUT2D eigenvalue weighted by atomic mass is 35.5. The molecule has 0 fully saturated rings. The number of phenolic OH excluding ortho intramolecular Hbond substituents is 1. The van der Waals surface area contributed by atoms with Crippen molar-refractivity contribution in [1.82, 2.24) is 4.98 Å². The Morgan fingerprint density at radius 2 is 1.97 bits per heavy atom. The number of thiophene rings is 1. The zero-order chi connectivity index (χ0) is 20.2. The Kier molecular flexibility index (Phi) is 5.47. The number of nitrogens with two attached hydrogens (primary N) is 1. The van der Waals surface area contributed by atoms with Crippen molar-refractivity contribution in [3.63, 3.8) is 0 Å². The maximum atomic E-state index is 15.0. The van der Waals surface area contributed by atoms with Crippen LogP contribution < -0.4 is 11.3 Å². The van der Waals surface area contributed by atoms with Crippen molar-refractivity contribution in [2.75, 3.05) is 6.54 Å². The van der Waals surface area contributed by atoms with E-state index < -0.39 is 5.41 Å². The van der Waals surface area contributed by atoms with Crippen molar-refractivity contribution >= 4 is 44.7 Å². The standard InChI is InChI=1S/C22H21FN2O2S.ClH/c1-11-8-16(26)17(12-4-5-14(15(23)9-12)22(2,3)10-24)18-13-6-7-28-20(13)21(27)25-19(11)18;/h4-9,26H,10,24H2,1-3H3,(H,25,27);1H. The molecule has 0 saturated heterocycles. The second-order valence-corrected chi connectivity index (χ2v) is 8.65. The summed E-state index contributed by atoms with van der Waals surface area (Å²) in [4.78, 5) is 15.3. The summed E-state index contributed by atoms with van der Waals surface area (Å²) in [5.74, 6) is -0.318. The highest BCUT2D eigenvalue weighted by Gasteiger charge is 2.24. The van der Waals surface area contributed by atoms with Crippen molar-refractivity contribution in [2.45, 2.75) is 26.2 Å². The first kappa shape index (κ1) is 21.3. The summed E-state index contributed by atoms with van der Waals surface area (Å²) in [6.45, 7) is 5.93. The van der Waals surface area contributed by atoms with Gasteiger partial charge in [0.15, 0.2) is 0 Å². The predicted molar refractivity (Wildman–Crippen MR) is 121 cm³/mol. The number of rotatable bonds is 3. The summed E-state index contributed by atoms with van der Waals surface area (Å²) < 4.78 is 15.5. The molecule has 2 aromatic carbocycles. The van der Waals surface area contributed by atoms with Crippen LogP contribution in [0, 0.1) is 12.7 Å². The second kappa shape index (κ2) is 7.44. The third-order valence-corrected chi connectivity index (χ3v) is 6.29. The van der Waals surface area contributed by atoms with Crippen LogP contribution in [0.4, 0.5) is 4.39 Å². The number of fused-ring (bicyclic) bond motifs is 3. The van der Waals surface area contributed by atoms with Crippen molar-refractivity contribution in [3.05, 3.63) is 63.0 Å². The highest BCUT2D eigenvalue weighted by Crippen LogP contribution is 2.42. The van der Waals surface area contributed by atoms with Crippen LogP contribution in [0.25, 0.3) is 32.1 Å². The molecule has 0 amide bonds. The number of H-pyrrole nitrogens is 1. The molecule has 0 aliphatic heterocycles. The Labute approximate surface area is 177 Å². The topological polar surface area (TPSA) is 79.1 Å². The molecule has 0 aliphatic carbocycles. The number of aryl methyl sites for hydroxylation is 1. The Morgan fingerprint density at radius 3 is 2.62 bits per heavy atom. The molecule has 4 rings (SSSR count). The van der Waals surface area contributed by atoms with Gasteiger partial charge in [-0.1, -0.05) is 26.0 Å². The van der Waals surface area contributed by atoms with Crippen LogP contribution >= 0.6 is 23.7 Å². The van der Waals surface area contributed by atoms with Gasteiger partial charge in [0.05, 0.1) is 5.52 Å². The lowest BCUT2D eigenvalue weighted by atomic mass is 9.83. The fourth-order valence-electron chi connectivity index (χ4n) is 3.70. The van der Waals surface area contributed by atoms with Gasteiger partial charge in [-0.2, -0.15) is 0 Å². The number of pyridine rings is 1. The van der Waals surface area contributed by atoms with E-state index in [1.165, 1.54) is 17.4 Å². The van der Waals surface area contributed by atoms with E-state index in [1.807, 2.05) is 32.2 Å². The molecule has 0 radical (unpaired) electrons. The van der Waals surface area contributed by atoms with Crippen molar-refractivity contribution in [1.29, 1.82) is 0 Å². The first-order chi connectivity index (χ1) is 13.2. The summed E-state index contributed by atoms with van der Waals surface area (Å²) in [6.07, 6.45) is 0. The Bertz CT molecular complexity index is 1290. The van der Waals surface area contributed by atoms with E-state index in [1.54, 1.807) is 18.2 Å². The lowest BCUT2D eigenvalue weighted by Gasteiger charge is -2.24. The largest absolute Gasteiger partial charge is 0.507 e. The van der Waals surface area contributed by atoms with Gasteiger partial charge in [0.25, 0.3) is 5.56 Å². The van der Waals surface area contributed by atoms with Crippen LogP contribution in [0.3, 0.4) is 0 Å². The average molecular weight is 433 g/mol. The molecule has 152 valence electrons. The van der Waals surface area contributed by atoms with E-state index in [4.69, 9.17) is 5.73 Å². The fraction of sp³-hybridized carbons (Fsp3) is 0.227. The molecular formula is C22H22ClFN2O2S. The molecule has 0 saturated carbocycles. The third-order valence-electron chi connectivity index (χ3n) is 5.38. The van der Waals surface area contributed by atoms with Crippen LogP contribution in [-0.2, 0) is 5.41 Å². The number of nitrogens with one attached hydrogen (secondary N) is 1. The van der Waals surface area contributed by atoms with Crippen molar-refractivity contribution in [3.8, 4) is 16.9 Å². The molecule has 2 heterocycles. The summed E-state index contributed by atoms with van der Waals surface area (Å²) in [5.41, 5.74) is 8.13. The summed E-state index contributed by atoms with van der Waals surface area (Å²) in [7, 11) is 0. The van der Waals surface area contributed by atoms with Gasteiger partial charge >= 0.3 is 0 Å². The van der Waals surface area contributed by atoms with Crippen LogP contribution in [0.2, 0.25) is 0 Å². The van der Waals surface area contributed by atoms with Gasteiger partial charge in [-0.25, -0.2) is 4.39 Å². The average Bonchev–Trinajstić information content (AvgIpc) is 3.13. The minimum atomic E-state index is -0.494. The number of aromatic hydroxyl groups is 1. The maximum absolute atomic E-state index is 15.0. The number of hydrogen-bond acceptors (Lipinski definition) is 4. The van der Waals surface area contributed by atoms with Gasteiger partial charge in [-0.3, -0.25) is 4.79 Å². The molecule has 0 bridgehead atoms. The zero-order valence-electron chi connectivity index (χ0n) is 16.3. The van der Waals surface area contributed by atoms with Gasteiger partial charge in [-0.15, -0.1) is 23.7 Å². The molecule has 4 aromatic rings. The van der Waals surface area contributed by atoms with Crippen molar-refractivity contribution in [2.24, 2.45) is 5.73 Å². The fourth-order valence-corrected chi connectivity index (χ4v) is 4.50. The smallest absolute Gasteiger partial charge is 0.266 e. The minimum Gasteiger partial charge on any atom is -0.507 e. The lowest BCUT2D eigenvalue weighted by molar-refractivity contribution is 0.477. The van der Waals surface area contributed by atoms with E-state index in [0.29, 0.717) is 33.5 Å². The maximum Gasteiger partial charge on any atom is 0.266 e. The molecule has 0 atom stereocenters. The van der Waals surface area contributed by atoms with Gasteiger partial charge in [0.2, 0.25) is 0 Å². The molecule has 2 aromatic heterocycles. The normalized spacial score (nSPS) is 11.8. The summed E-state index contributed by atoms with van der Waals surface area (Å²) in [5, 5.41) is 14.1. The number of halogens is 2. The molecule has 7 heteroatoms. The first-order valence-electron chi connectivity index (χ1n) is 9.01. The molecule has 4 N–H and O–H groups in total. The number of aromatic nitrogens is 1. The molecule has 0 unspecified atom stereocenters. The van der Waals surface area contributed by atoms with Crippen LogP contribution in [-0.4, -0.2) is 16.6 Å². The zero-order valence-corrected chi connectivity index (χ0v) is 17.9. The Hall–Kier alpha value is -2.41. The number of hydrogen-bond donors (Lipinski definition) is 3. The summed E-state index contributed by atoms with van der Waals surface area (Å²) in [6, 6.07) is 8.41. The van der Waals surface area contributed by atoms with Crippen molar-refractivity contribution < 1.29 is 9.50 Å². The second-order valence-electron chi connectivity index (χ2n) is 7.74. The number of benzene rings is 2. The van der Waals surface area contributed by atoms with Crippen LogP contribution in [0.1, 0.15) is 25.0 Å². The van der Waals surface area contributed by atoms with Crippen LogP contribution in [0.15, 0.2) is 40.5 Å². The molecule has 4 nitrogen and oxygen atoms in total. The quantitative estimate of drug-likeness (QED) is 0.415. The monoisotopic (exact) mass is 432 g/mol. The summed E-state index contributed by atoms with van der Waals surface area (Å²) >= 11 is 1.34. The molecule has 29 heavy (non-hydrogen) atoms. The Balaban J connectivity index is 0.00000240. The molecule has 0 spiro atoms. The van der Waals surface area contributed by atoms with Gasteiger partial charge in [-0.05, 0) is 47.2 Å². The van der Waals surface area contributed by atoms with Gasteiger partial charge in [0.1, 0.15) is 16.3 Å². The van der Waals surface area contributed by atoms with E-state index in [9.17, 15) is 14.3 Å². The Morgan fingerprint density at radius 1 is 1.24 bits per heavy atom. The van der Waals surface area contributed by atoms with Gasteiger partial charge < -0.3 is 15.8 Å². The lowest BCUT2D eigenvalue weighted by Crippen LogP contribution is -2.29. The van der Waals surface area contributed by atoms with Crippen LogP contribution in [0.5, 0.6) is 5.75 Å². The first-order valence-corrected chi connectivity index (χ1v) is 9.89. The molecule has 0 aliphatic rings. The predicted octanol–water partition coefficient (Wildman–Crippen LogP) is 5.22. The number of phenols is 1. The minimum absolute atomic E-state index is 0. The highest BCUT2D eigenvalue weighted by molar-refractivity contribution is 7.17. The molecular weight excluding hydrogens is 411 g/mol. The van der Waals surface area contributed by atoms with E-state index in [-0.39, 0.29) is 29.5 Å².